The minimum Gasteiger partial charge on any atom is -0.381 e. The fourth-order valence-corrected chi connectivity index (χ4v) is 2.07. The van der Waals surface area contributed by atoms with Gasteiger partial charge in [-0.3, -0.25) is 10.2 Å². The van der Waals surface area contributed by atoms with Gasteiger partial charge >= 0.3 is 0 Å². The molecule has 3 N–H and O–H groups in total. The van der Waals surface area contributed by atoms with E-state index in [1.54, 1.807) is 0 Å². The van der Waals surface area contributed by atoms with E-state index in [2.05, 4.69) is 17.4 Å². The van der Waals surface area contributed by atoms with Gasteiger partial charge in [0, 0.05) is 19.6 Å². The van der Waals surface area contributed by atoms with Gasteiger partial charge in [0.05, 0.1) is 6.61 Å². The number of carbonyl (C=O) groups excluding carboxylic acids is 1. The van der Waals surface area contributed by atoms with Gasteiger partial charge in [0.1, 0.15) is 0 Å². The second kappa shape index (κ2) is 7.60. The van der Waals surface area contributed by atoms with E-state index in [1.807, 2.05) is 0 Å². The summed E-state index contributed by atoms with van der Waals surface area (Å²) >= 11 is 0. The van der Waals surface area contributed by atoms with E-state index in [-0.39, 0.29) is 5.91 Å². The molecule has 1 atom stereocenters. The van der Waals surface area contributed by atoms with E-state index < -0.39 is 0 Å². The molecular weight excluding hydrogens is 206 g/mol. The Labute approximate surface area is 97.3 Å². The van der Waals surface area contributed by atoms with E-state index in [9.17, 15) is 4.79 Å². The highest BCUT2D eigenvalue weighted by atomic mass is 16.5. The van der Waals surface area contributed by atoms with E-state index in [1.165, 1.54) is 12.8 Å². The van der Waals surface area contributed by atoms with Crippen LogP contribution < -0.4 is 11.3 Å². The second-order valence-corrected chi connectivity index (χ2v) is 4.52. The van der Waals surface area contributed by atoms with Crippen LogP contribution in [0.1, 0.15) is 25.7 Å². The molecule has 0 saturated carbocycles. The third kappa shape index (κ3) is 5.44. The molecule has 1 heterocycles. The first-order valence-corrected chi connectivity index (χ1v) is 5.98. The average Bonchev–Trinajstić information content (AvgIpc) is 2.30. The van der Waals surface area contributed by atoms with Crippen molar-refractivity contribution in [3.05, 3.63) is 0 Å². The zero-order chi connectivity index (χ0) is 11.8. The molecule has 0 aliphatic carbocycles. The average molecular weight is 229 g/mol. The summed E-state index contributed by atoms with van der Waals surface area (Å²) in [7, 11) is 2.09. The second-order valence-electron chi connectivity index (χ2n) is 4.52. The van der Waals surface area contributed by atoms with Crippen LogP contribution in [-0.2, 0) is 9.53 Å². The molecule has 1 amide bonds. The van der Waals surface area contributed by atoms with Crippen LogP contribution in [0.25, 0.3) is 0 Å². The fourth-order valence-electron chi connectivity index (χ4n) is 2.07. The summed E-state index contributed by atoms with van der Waals surface area (Å²) in [6, 6.07) is 0. The topological polar surface area (TPSA) is 67.6 Å². The van der Waals surface area contributed by atoms with Gasteiger partial charge in [-0.15, -0.1) is 0 Å². The molecule has 1 rings (SSSR count). The largest absolute Gasteiger partial charge is 0.381 e. The zero-order valence-electron chi connectivity index (χ0n) is 10.1. The molecule has 1 unspecified atom stereocenters. The Morgan fingerprint density at radius 1 is 1.62 bits per heavy atom. The highest BCUT2D eigenvalue weighted by Gasteiger charge is 2.15. The predicted molar refractivity (Wildman–Crippen MR) is 62.6 cm³/mol. The number of hydrogen-bond donors (Lipinski definition) is 2. The number of ether oxygens (including phenoxy) is 1. The van der Waals surface area contributed by atoms with Crippen molar-refractivity contribution in [3.8, 4) is 0 Å². The number of hydrogen-bond acceptors (Lipinski definition) is 4. The van der Waals surface area contributed by atoms with Crippen LogP contribution >= 0.6 is 0 Å². The molecule has 0 bridgehead atoms. The van der Waals surface area contributed by atoms with Gasteiger partial charge in [-0.2, -0.15) is 0 Å². The van der Waals surface area contributed by atoms with Gasteiger partial charge in [0.25, 0.3) is 0 Å². The van der Waals surface area contributed by atoms with Crippen LogP contribution in [-0.4, -0.2) is 44.2 Å². The van der Waals surface area contributed by atoms with Gasteiger partial charge in [-0.25, -0.2) is 5.84 Å². The van der Waals surface area contributed by atoms with Crippen molar-refractivity contribution in [3.63, 3.8) is 0 Å². The van der Waals surface area contributed by atoms with Crippen molar-refractivity contribution >= 4 is 5.91 Å². The lowest BCUT2D eigenvalue weighted by atomic mass is 10.0. The van der Waals surface area contributed by atoms with Gasteiger partial charge < -0.3 is 9.64 Å². The van der Waals surface area contributed by atoms with Crippen LogP contribution in [0.3, 0.4) is 0 Å². The zero-order valence-corrected chi connectivity index (χ0v) is 10.1. The highest BCUT2D eigenvalue weighted by molar-refractivity contribution is 5.75. The number of nitrogens with one attached hydrogen (secondary N) is 1. The molecule has 1 aliphatic heterocycles. The lowest BCUT2D eigenvalue weighted by molar-refractivity contribution is -0.121. The number of rotatable bonds is 6. The molecule has 0 aromatic rings. The quantitative estimate of drug-likeness (QED) is 0.385. The molecule has 0 radical (unpaired) electrons. The summed E-state index contributed by atoms with van der Waals surface area (Å²) in [4.78, 5) is 13.2. The molecule has 1 fully saturated rings. The number of nitrogens with zero attached hydrogens (tertiary/aromatic N) is 1. The molecule has 0 aromatic heterocycles. The monoisotopic (exact) mass is 229 g/mol. The number of hydrazine groups is 1. The molecule has 0 aromatic carbocycles. The summed E-state index contributed by atoms with van der Waals surface area (Å²) in [6.07, 6.45) is 3.79. The Kier molecular flexibility index (Phi) is 6.37. The smallest absolute Gasteiger partial charge is 0.233 e. The number of carbonyl (C=O) groups is 1. The first-order valence-electron chi connectivity index (χ1n) is 5.98. The Bertz CT molecular complexity index is 205. The summed E-state index contributed by atoms with van der Waals surface area (Å²) < 4.78 is 5.44. The fraction of sp³-hybridized carbons (Fsp3) is 0.909. The summed E-state index contributed by atoms with van der Waals surface area (Å²) in [5, 5.41) is 0. The van der Waals surface area contributed by atoms with Gasteiger partial charge in [-0.05, 0) is 38.8 Å². The van der Waals surface area contributed by atoms with Crippen molar-refractivity contribution in [1.29, 1.82) is 0 Å². The third-order valence-electron chi connectivity index (χ3n) is 2.93. The number of nitrogens with two attached hydrogens (primary N) is 1. The normalized spacial score (nSPS) is 21.1. The van der Waals surface area contributed by atoms with Crippen molar-refractivity contribution < 1.29 is 9.53 Å². The Balaban J connectivity index is 2.05. The third-order valence-corrected chi connectivity index (χ3v) is 2.93. The minimum atomic E-state index is -0.0885. The molecule has 5 heteroatoms. The standard InChI is InChI=1S/C11H23N3O2/c1-14(6-2-5-11(15)13-12)8-10-4-3-7-16-9-10/h10H,2-9,12H2,1H3,(H,13,15). The van der Waals surface area contributed by atoms with Crippen LogP contribution in [0.2, 0.25) is 0 Å². The number of amides is 1. The van der Waals surface area contributed by atoms with Gasteiger partial charge in [0.2, 0.25) is 5.91 Å². The van der Waals surface area contributed by atoms with Crippen molar-refractivity contribution in [2.24, 2.45) is 11.8 Å². The Hall–Kier alpha value is -0.650. The van der Waals surface area contributed by atoms with Crippen LogP contribution in [0.4, 0.5) is 0 Å². The molecule has 1 saturated heterocycles. The molecule has 0 spiro atoms. The molecule has 1 aliphatic rings. The maximum absolute atomic E-state index is 10.9. The van der Waals surface area contributed by atoms with E-state index in [0.717, 1.165) is 32.7 Å². The summed E-state index contributed by atoms with van der Waals surface area (Å²) in [5.74, 6) is 5.57. The van der Waals surface area contributed by atoms with Gasteiger partial charge in [-0.1, -0.05) is 0 Å². The minimum absolute atomic E-state index is 0.0885. The lowest BCUT2D eigenvalue weighted by Gasteiger charge is -2.26. The van der Waals surface area contributed by atoms with Crippen LogP contribution in [0, 0.1) is 5.92 Å². The van der Waals surface area contributed by atoms with Crippen LogP contribution in [0.15, 0.2) is 0 Å². The van der Waals surface area contributed by atoms with Crippen LogP contribution in [0.5, 0.6) is 0 Å². The molecule has 94 valence electrons. The van der Waals surface area contributed by atoms with E-state index in [0.29, 0.717) is 12.3 Å². The first kappa shape index (κ1) is 13.4. The Morgan fingerprint density at radius 3 is 3.06 bits per heavy atom. The van der Waals surface area contributed by atoms with Crippen molar-refractivity contribution in [2.45, 2.75) is 25.7 Å². The van der Waals surface area contributed by atoms with Crippen molar-refractivity contribution in [2.75, 3.05) is 33.4 Å². The maximum atomic E-state index is 10.9. The first-order chi connectivity index (χ1) is 7.72. The van der Waals surface area contributed by atoms with E-state index in [4.69, 9.17) is 10.6 Å². The van der Waals surface area contributed by atoms with Gasteiger partial charge in [0.15, 0.2) is 0 Å². The summed E-state index contributed by atoms with van der Waals surface area (Å²) in [6.45, 7) is 3.79. The van der Waals surface area contributed by atoms with E-state index >= 15 is 0 Å². The molecule has 5 nitrogen and oxygen atoms in total. The SMILES string of the molecule is CN(CCCC(=O)NN)CC1CCCOC1. The lowest BCUT2D eigenvalue weighted by Crippen LogP contribution is -2.33. The molecular formula is C11H23N3O2. The Morgan fingerprint density at radius 2 is 2.44 bits per heavy atom. The predicted octanol–water partition coefficient (Wildman–Crippen LogP) is 0.115. The van der Waals surface area contributed by atoms with Crippen molar-refractivity contribution in [1.82, 2.24) is 10.3 Å². The summed E-state index contributed by atoms with van der Waals surface area (Å²) in [5.41, 5.74) is 2.14. The maximum Gasteiger partial charge on any atom is 0.233 e. The highest BCUT2D eigenvalue weighted by Crippen LogP contribution is 2.14. The molecule has 16 heavy (non-hydrogen) atoms.